The summed E-state index contributed by atoms with van der Waals surface area (Å²) in [6.45, 7) is 8.51. The van der Waals surface area contributed by atoms with Crippen molar-refractivity contribution < 1.29 is 0 Å². The highest BCUT2D eigenvalue weighted by atomic mass is 15.4. The summed E-state index contributed by atoms with van der Waals surface area (Å²) >= 11 is 0. The average molecular weight is 245 g/mol. The molecule has 0 radical (unpaired) electrons. The highest BCUT2D eigenvalue weighted by Crippen LogP contribution is 2.36. The molecule has 0 amide bonds. The lowest BCUT2D eigenvalue weighted by Gasteiger charge is -2.30. The van der Waals surface area contributed by atoms with Crippen LogP contribution < -0.4 is 5.32 Å². The molecule has 0 spiro atoms. The van der Waals surface area contributed by atoms with Gasteiger partial charge in [-0.1, -0.05) is 13.8 Å². The highest BCUT2D eigenvalue weighted by molar-refractivity contribution is 5.38. The maximum absolute atomic E-state index is 4.57. The lowest BCUT2D eigenvalue weighted by molar-refractivity contribution is 0.311. The predicted octanol–water partition coefficient (Wildman–Crippen LogP) is 1.32. The molecule has 2 aromatic rings. The average Bonchev–Trinajstić information content (AvgIpc) is 2.94. The second-order valence-corrected chi connectivity index (χ2v) is 5.51. The lowest BCUT2D eigenvalue weighted by atomic mass is 9.76. The Hall–Kier alpha value is -1.49. The van der Waals surface area contributed by atoms with Crippen molar-refractivity contribution in [3.8, 4) is 0 Å². The molecule has 0 bridgehead atoms. The Morgan fingerprint density at radius 1 is 1.33 bits per heavy atom. The van der Waals surface area contributed by atoms with Gasteiger partial charge >= 0.3 is 0 Å². The first-order valence-corrected chi connectivity index (χ1v) is 6.54. The molecule has 3 rings (SSSR count). The van der Waals surface area contributed by atoms with Gasteiger partial charge < -0.3 is 5.32 Å². The van der Waals surface area contributed by atoms with Crippen molar-refractivity contribution in [2.24, 2.45) is 5.92 Å². The summed E-state index contributed by atoms with van der Waals surface area (Å²) in [5.74, 6) is 1.52. The Morgan fingerprint density at radius 3 is 2.83 bits per heavy atom. The third-order valence-electron chi connectivity index (χ3n) is 4.13. The largest absolute Gasteiger partial charge is 0.316 e. The fraction of sp³-hybridized carbons (Fsp3) is 0.615. The van der Waals surface area contributed by atoms with Gasteiger partial charge in [0, 0.05) is 12.0 Å². The molecule has 0 aromatic carbocycles. The van der Waals surface area contributed by atoms with Crippen LogP contribution in [0.25, 0.3) is 5.65 Å². The van der Waals surface area contributed by atoms with Gasteiger partial charge in [-0.15, -0.1) is 10.2 Å². The topological polar surface area (TPSA) is 55.1 Å². The molecule has 1 aliphatic heterocycles. The minimum atomic E-state index is 0.0558. The zero-order chi connectivity index (χ0) is 12.8. The number of hydrogen-bond donors (Lipinski definition) is 1. The molecule has 1 fully saturated rings. The summed E-state index contributed by atoms with van der Waals surface area (Å²) in [5.41, 5.74) is 1.89. The normalized spacial score (nSPS) is 24.2. The van der Waals surface area contributed by atoms with Crippen LogP contribution in [0.2, 0.25) is 0 Å². The van der Waals surface area contributed by atoms with E-state index in [1.807, 2.05) is 23.6 Å². The fourth-order valence-electron chi connectivity index (χ4n) is 2.84. The Morgan fingerprint density at radius 2 is 2.17 bits per heavy atom. The van der Waals surface area contributed by atoms with Crippen LogP contribution in [0.1, 0.15) is 31.8 Å². The van der Waals surface area contributed by atoms with Gasteiger partial charge in [0.15, 0.2) is 11.5 Å². The van der Waals surface area contributed by atoms with Gasteiger partial charge in [0.2, 0.25) is 0 Å². The minimum Gasteiger partial charge on any atom is -0.316 e. The molecule has 1 atom stereocenters. The Kier molecular flexibility index (Phi) is 2.59. The van der Waals surface area contributed by atoms with Gasteiger partial charge in [0.1, 0.15) is 0 Å². The van der Waals surface area contributed by atoms with Crippen LogP contribution in [-0.2, 0) is 5.41 Å². The summed E-state index contributed by atoms with van der Waals surface area (Å²) < 4.78 is 1.92. The van der Waals surface area contributed by atoms with Gasteiger partial charge in [0.05, 0.1) is 5.69 Å². The van der Waals surface area contributed by atoms with E-state index < -0.39 is 0 Å². The van der Waals surface area contributed by atoms with Gasteiger partial charge in [-0.2, -0.15) is 9.61 Å². The number of nitrogens with one attached hydrogen (secondary N) is 1. The second-order valence-electron chi connectivity index (χ2n) is 5.51. The molecule has 2 aromatic heterocycles. The van der Waals surface area contributed by atoms with E-state index in [2.05, 4.69) is 34.5 Å². The van der Waals surface area contributed by atoms with Gasteiger partial charge in [-0.05, 0) is 37.9 Å². The third kappa shape index (κ3) is 1.54. The lowest BCUT2D eigenvalue weighted by Crippen LogP contribution is -2.37. The van der Waals surface area contributed by atoms with E-state index in [0.717, 1.165) is 36.7 Å². The molecule has 0 saturated carbocycles. The zero-order valence-corrected chi connectivity index (χ0v) is 11.1. The van der Waals surface area contributed by atoms with Crippen LogP contribution >= 0.6 is 0 Å². The minimum absolute atomic E-state index is 0.0558. The van der Waals surface area contributed by atoms with Crippen molar-refractivity contribution in [3.63, 3.8) is 0 Å². The number of aryl methyl sites for hydroxylation is 1. The van der Waals surface area contributed by atoms with E-state index >= 15 is 0 Å². The van der Waals surface area contributed by atoms with Gasteiger partial charge in [-0.25, -0.2) is 0 Å². The van der Waals surface area contributed by atoms with E-state index in [-0.39, 0.29) is 5.41 Å². The Bertz CT molecular complexity index is 566. The zero-order valence-electron chi connectivity index (χ0n) is 11.1. The molecule has 18 heavy (non-hydrogen) atoms. The van der Waals surface area contributed by atoms with Crippen molar-refractivity contribution in [1.29, 1.82) is 0 Å². The van der Waals surface area contributed by atoms with Crippen LogP contribution in [-0.4, -0.2) is 32.9 Å². The fourth-order valence-corrected chi connectivity index (χ4v) is 2.84. The predicted molar refractivity (Wildman–Crippen MR) is 69.5 cm³/mol. The molecule has 5 heteroatoms. The number of fused-ring (bicyclic) bond motifs is 1. The molecule has 3 heterocycles. The molecule has 1 saturated heterocycles. The van der Waals surface area contributed by atoms with Gasteiger partial charge in [-0.3, -0.25) is 0 Å². The van der Waals surface area contributed by atoms with E-state index in [1.54, 1.807) is 0 Å². The smallest absolute Gasteiger partial charge is 0.177 e. The Balaban J connectivity index is 2.21. The van der Waals surface area contributed by atoms with Crippen molar-refractivity contribution in [3.05, 3.63) is 23.7 Å². The second kappa shape index (κ2) is 4.02. The maximum atomic E-state index is 4.57. The molecule has 1 aliphatic rings. The van der Waals surface area contributed by atoms with Crippen LogP contribution in [0.15, 0.2) is 12.1 Å². The summed E-state index contributed by atoms with van der Waals surface area (Å²) in [6, 6.07) is 3.96. The van der Waals surface area contributed by atoms with Crippen LogP contribution in [0.5, 0.6) is 0 Å². The highest BCUT2D eigenvalue weighted by Gasteiger charge is 2.42. The molecule has 1 unspecified atom stereocenters. The molecule has 0 aliphatic carbocycles. The van der Waals surface area contributed by atoms with Crippen molar-refractivity contribution in [2.75, 3.05) is 13.1 Å². The Labute approximate surface area is 107 Å². The molecular weight excluding hydrogens is 226 g/mol. The van der Waals surface area contributed by atoms with Crippen molar-refractivity contribution >= 4 is 5.65 Å². The molecule has 5 nitrogen and oxygen atoms in total. The summed E-state index contributed by atoms with van der Waals surface area (Å²) in [7, 11) is 0. The number of rotatable bonds is 2. The van der Waals surface area contributed by atoms with Crippen LogP contribution in [0.4, 0.5) is 0 Å². The van der Waals surface area contributed by atoms with Crippen molar-refractivity contribution in [1.82, 2.24) is 25.1 Å². The molecule has 1 N–H and O–H groups in total. The van der Waals surface area contributed by atoms with E-state index in [0.29, 0.717) is 5.92 Å². The summed E-state index contributed by atoms with van der Waals surface area (Å²) in [5, 5.41) is 16.7. The number of nitrogens with zero attached hydrogens (tertiary/aromatic N) is 4. The molecule has 96 valence electrons. The van der Waals surface area contributed by atoms with Crippen molar-refractivity contribution in [2.45, 2.75) is 32.6 Å². The quantitative estimate of drug-likeness (QED) is 0.867. The summed E-state index contributed by atoms with van der Waals surface area (Å²) in [6.07, 6.45) is 1.10. The molecular formula is C13H19N5. The van der Waals surface area contributed by atoms with E-state index in [9.17, 15) is 0 Å². The third-order valence-corrected chi connectivity index (χ3v) is 4.13. The van der Waals surface area contributed by atoms with E-state index in [4.69, 9.17) is 0 Å². The first-order valence-electron chi connectivity index (χ1n) is 6.54. The van der Waals surface area contributed by atoms with E-state index in [1.165, 1.54) is 0 Å². The maximum Gasteiger partial charge on any atom is 0.177 e. The summed E-state index contributed by atoms with van der Waals surface area (Å²) in [4.78, 5) is 0. The standard InChI is InChI=1S/C13H19N5/c1-9(2)13(6-7-14-8-13)12-16-15-11-5-4-10(3)17-18(11)12/h4-5,9,14H,6-8H2,1-3H3. The van der Waals surface area contributed by atoms with Crippen LogP contribution in [0, 0.1) is 12.8 Å². The van der Waals surface area contributed by atoms with Gasteiger partial charge in [0.25, 0.3) is 0 Å². The first kappa shape index (κ1) is 11.6. The van der Waals surface area contributed by atoms with Crippen LogP contribution in [0.3, 0.4) is 0 Å². The first-order chi connectivity index (χ1) is 8.63. The monoisotopic (exact) mass is 245 g/mol. The SMILES string of the molecule is Cc1ccc2nnc(C3(C(C)C)CCNC3)n2n1. The number of aromatic nitrogens is 4. The number of hydrogen-bond acceptors (Lipinski definition) is 4.